The smallest absolute Gasteiger partial charge is 0.351 e. The number of anilines is 1. The van der Waals surface area contributed by atoms with E-state index in [1.165, 1.54) is 0 Å². The normalized spacial score (nSPS) is 29.6. The average Bonchev–Trinajstić information content (AvgIpc) is 2.66. The predicted octanol–water partition coefficient (Wildman–Crippen LogP) is -2.86. The molecule has 1 aromatic rings. The molecule has 1 aliphatic rings. The molecule has 4 atom stereocenters. The zero-order valence-corrected chi connectivity index (χ0v) is 10.1. The highest BCUT2D eigenvalue weighted by Gasteiger charge is 2.44. The van der Waals surface area contributed by atoms with Crippen LogP contribution in [0.3, 0.4) is 0 Å². The van der Waals surface area contributed by atoms with Crippen LogP contribution in [0, 0.1) is 0 Å². The van der Waals surface area contributed by atoms with E-state index in [0.717, 1.165) is 6.20 Å². The van der Waals surface area contributed by atoms with Crippen LogP contribution in [0.15, 0.2) is 11.0 Å². The van der Waals surface area contributed by atoms with Crippen LogP contribution in [0.1, 0.15) is 16.6 Å². The summed E-state index contributed by atoms with van der Waals surface area (Å²) in [6, 6.07) is 0. The van der Waals surface area contributed by atoms with Crippen LogP contribution in [0.4, 0.5) is 5.82 Å². The Bertz CT molecular complexity index is 587. The highest BCUT2D eigenvalue weighted by atomic mass is 16.6. The lowest BCUT2D eigenvalue weighted by atomic mass is 10.1. The van der Waals surface area contributed by atoms with Gasteiger partial charge in [0.1, 0.15) is 29.7 Å². The van der Waals surface area contributed by atoms with Gasteiger partial charge in [0, 0.05) is 6.20 Å². The van der Waals surface area contributed by atoms with Crippen LogP contribution in [0.2, 0.25) is 0 Å². The number of ether oxygens (including phenoxy) is 1. The van der Waals surface area contributed by atoms with Crippen molar-refractivity contribution < 1.29 is 30.0 Å². The number of aromatic nitrogens is 2. The van der Waals surface area contributed by atoms with Gasteiger partial charge in [0.2, 0.25) is 0 Å². The fourth-order valence-corrected chi connectivity index (χ4v) is 1.94. The number of nitrogens with zero attached hydrogens (tertiary/aromatic N) is 2. The fraction of sp³-hybridized carbons (Fsp3) is 0.500. The molecule has 1 fully saturated rings. The van der Waals surface area contributed by atoms with Gasteiger partial charge in [-0.15, -0.1) is 0 Å². The van der Waals surface area contributed by atoms with E-state index >= 15 is 0 Å². The van der Waals surface area contributed by atoms with Crippen LogP contribution < -0.4 is 11.4 Å². The minimum absolute atomic E-state index is 0.442. The summed E-state index contributed by atoms with van der Waals surface area (Å²) < 4.78 is 5.83. The lowest BCUT2D eigenvalue weighted by Gasteiger charge is -2.17. The molecule has 110 valence electrons. The summed E-state index contributed by atoms with van der Waals surface area (Å²) in [6.07, 6.45) is -4.51. The monoisotopic (exact) mass is 287 g/mol. The highest BCUT2D eigenvalue weighted by molar-refractivity contribution is 5.92. The first-order chi connectivity index (χ1) is 9.36. The summed E-state index contributed by atoms with van der Waals surface area (Å²) in [5.41, 5.74) is 3.92. The maximum absolute atomic E-state index is 11.7. The Morgan fingerprint density at radius 2 is 2.10 bits per heavy atom. The third-order valence-corrected chi connectivity index (χ3v) is 3.00. The lowest BCUT2D eigenvalue weighted by Crippen LogP contribution is -2.36. The maximum atomic E-state index is 11.7. The summed E-state index contributed by atoms with van der Waals surface area (Å²) in [7, 11) is 0. The second-order valence-corrected chi connectivity index (χ2v) is 4.26. The van der Waals surface area contributed by atoms with Gasteiger partial charge >= 0.3 is 11.7 Å². The standard InChI is InChI=1S/C10H13N3O7/c11-7-3(9(17)18)1-13(10(19)12-7)8-6(16)5(15)4(2-14)20-8/h1,4-6,8,14-16H,2H2,(H,17,18)(H2,11,12,19)/t4-,5?,6?,8-/m1/s1. The number of hydrogen-bond donors (Lipinski definition) is 5. The summed E-state index contributed by atoms with van der Waals surface area (Å²) in [5, 5.41) is 37.3. The van der Waals surface area contributed by atoms with E-state index in [0.29, 0.717) is 4.57 Å². The molecule has 2 heterocycles. The summed E-state index contributed by atoms with van der Waals surface area (Å²) in [5.74, 6) is -1.87. The van der Waals surface area contributed by atoms with Crippen molar-refractivity contribution >= 4 is 11.8 Å². The van der Waals surface area contributed by atoms with Gasteiger partial charge in [0.25, 0.3) is 0 Å². The van der Waals surface area contributed by atoms with Gasteiger partial charge in [-0.1, -0.05) is 0 Å². The number of carbonyl (C=O) groups is 1. The Morgan fingerprint density at radius 1 is 1.45 bits per heavy atom. The van der Waals surface area contributed by atoms with E-state index in [4.69, 9.17) is 20.7 Å². The van der Waals surface area contributed by atoms with Crippen molar-refractivity contribution in [3.05, 3.63) is 22.2 Å². The molecule has 1 aliphatic heterocycles. The zero-order valence-electron chi connectivity index (χ0n) is 10.1. The number of rotatable bonds is 3. The van der Waals surface area contributed by atoms with Crippen molar-refractivity contribution in [1.82, 2.24) is 9.55 Å². The van der Waals surface area contributed by atoms with Crippen molar-refractivity contribution in [3.63, 3.8) is 0 Å². The molecular weight excluding hydrogens is 274 g/mol. The number of aliphatic hydroxyl groups is 3. The predicted molar refractivity (Wildman–Crippen MR) is 62.9 cm³/mol. The molecule has 0 radical (unpaired) electrons. The Morgan fingerprint density at radius 3 is 2.60 bits per heavy atom. The van der Waals surface area contributed by atoms with Gasteiger partial charge in [-0.05, 0) is 0 Å². The van der Waals surface area contributed by atoms with E-state index in [-0.39, 0.29) is 0 Å². The molecule has 0 amide bonds. The molecule has 2 unspecified atom stereocenters. The third kappa shape index (κ3) is 2.25. The Balaban J connectivity index is 2.46. The first-order valence-corrected chi connectivity index (χ1v) is 5.61. The second-order valence-electron chi connectivity index (χ2n) is 4.26. The number of hydrogen-bond acceptors (Lipinski definition) is 8. The van der Waals surface area contributed by atoms with E-state index in [9.17, 15) is 19.8 Å². The van der Waals surface area contributed by atoms with Crippen molar-refractivity contribution in [2.75, 3.05) is 12.3 Å². The minimum atomic E-state index is -1.52. The van der Waals surface area contributed by atoms with Gasteiger partial charge in [-0.3, -0.25) is 4.57 Å². The number of nitrogens with two attached hydrogens (primary N) is 1. The zero-order chi connectivity index (χ0) is 15.0. The van der Waals surface area contributed by atoms with Crippen LogP contribution in [-0.4, -0.2) is 60.9 Å². The van der Waals surface area contributed by atoms with Crippen molar-refractivity contribution in [1.29, 1.82) is 0 Å². The number of carboxylic acid groups (broad SMARTS) is 1. The van der Waals surface area contributed by atoms with Gasteiger partial charge in [0.05, 0.1) is 6.61 Å². The first-order valence-electron chi connectivity index (χ1n) is 5.61. The van der Waals surface area contributed by atoms with Crippen LogP contribution in [0.25, 0.3) is 0 Å². The first kappa shape index (κ1) is 14.4. The third-order valence-electron chi connectivity index (χ3n) is 3.00. The van der Waals surface area contributed by atoms with E-state index in [1.54, 1.807) is 0 Å². The lowest BCUT2D eigenvalue weighted by molar-refractivity contribution is -0.0550. The molecular formula is C10H13N3O7. The Kier molecular flexibility index (Phi) is 3.72. The molecule has 10 nitrogen and oxygen atoms in total. The Labute approximate surface area is 111 Å². The van der Waals surface area contributed by atoms with Gasteiger partial charge in [0.15, 0.2) is 6.23 Å². The number of aliphatic hydroxyl groups excluding tert-OH is 3. The number of aromatic carboxylic acids is 1. The second kappa shape index (κ2) is 5.17. The van der Waals surface area contributed by atoms with Crippen molar-refractivity contribution in [3.8, 4) is 0 Å². The van der Waals surface area contributed by atoms with Gasteiger partial charge in [-0.25, -0.2) is 9.59 Å². The Hall–Kier alpha value is -2.01. The molecule has 0 saturated carbocycles. The maximum Gasteiger partial charge on any atom is 0.351 e. The molecule has 0 aromatic carbocycles. The van der Waals surface area contributed by atoms with Gasteiger partial charge < -0.3 is 30.9 Å². The summed E-state index contributed by atoms with van der Waals surface area (Å²) in [6.45, 7) is -0.572. The molecule has 6 N–H and O–H groups in total. The highest BCUT2D eigenvalue weighted by Crippen LogP contribution is 2.28. The van der Waals surface area contributed by atoms with Crippen molar-refractivity contribution in [2.45, 2.75) is 24.5 Å². The molecule has 20 heavy (non-hydrogen) atoms. The largest absolute Gasteiger partial charge is 0.478 e. The molecule has 10 heteroatoms. The van der Waals surface area contributed by atoms with E-state index in [1.807, 2.05) is 0 Å². The van der Waals surface area contributed by atoms with E-state index < -0.39 is 54.2 Å². The molecule has 0 spiro atoms. The molecule has 1 saturated heterocycles. The van der Waals surface area contributed by atoms with Crippen LogP contribution in [0.5, 0.6) is 0 Å². The minimum Gasteiger partial charge on any atom is -0.478 e. The van der Waals surface area contributed by atoms with E-state index in [2.05, 4.69) is 4.98 Å². The topological polar surface area (TPSA) is 168 Å². The van der Waals surface area contributed by atoms with Crippen LogP contribution in [-0.2, 0) is 4.74 Å². The molecule has 0 bridgehead atoms. The van der Waals surface area contributed by atoms with Crippen molar-refractivity contribution in [2.24, 2.45) is 0 Å². The quantitative estimate of drug-likeness (QED) is 0.392. The molecule has 2 rings (SSSR count). The van der Waals surface area contributed by atoms with Crippen LogP contribution >= 0.6 is 0 Å². The average molecular weight is 287 g/mol. The number of carboxylic acids is 1. The summed E-state index contributed by atoms with van der Waals surface area (Å²) >= 11 is 0. The SMILES string of the molecule is Nc1nc(=O)n([C@@H]2O[C@H](CO)C(O)C2O)cc1C(=O)O. The molecule has 1 aromatic heterocycles. The fourth-order valence-electron chi connectivity index (χ4n) is 1.94. The summed E-state index contributed by atoms with van der Waals surface area (Å²) in [4.78, 5) is 26.0. The molecule has 0 aliphatic carbocycles. The number of nitrogen functional groups attached to an aromatic ring is 1. The van der Waals surface area contributed by atoms with Gasteiger partial charge in [-0.2, -0.15) is 4.98 Å².